The Hall–Kier alpha value is -0.240. The molecule has 0 aromatic heterocycles. The topological polar surface area (TPSA) is 26.0 Å². The summed E-state index contributed by atoms with van der Waals surface area (Å²) in [4.78, 5) is 0. The van der Waals surface area contributed by atoms with Gasteiger partial charge in [0, 0.05) is 15.6 Å². The van der Waals surface area contributed by atoms with Crippen molar-refractivity contribution in [1.82, 2.24) is 0 Å². The molecule has 20 heavy (non-hydrogen) atoms. The monoisotopic (exact) mass is 313 g/mol. The highest BCUT2D eigenvalue weighted by Crippen LogP contribution is 2.34. The number of hydrogen-bond donors (Lipinski definition) is 1. The van der Waals surface area contributed by atoms with Gasteiger partial charge in [0.2, 0.25) is 0 Å². The molecule has 0 heterocycles. The van der Waals surface area contributed by atoms with E-state index in [0.29, 0.717) is 5.02 Å². The zero-order valence-corrected chi connectivity index (χ0v) is 13.8. The van der Waals surface area contributed by atoms with Crippen LogP contribution >= 0.6 is 23.2 Å². The van der Waals surface area contributed by atoms with Crippen LogP contribution in [-0.2, 0) is 6.42 Å². The fraction of sp³-hybridized carbons (Fsp3) is 0.647. The Balaban J connectivity index is 2.03. The molecule has 1 aliphatic carbocycles. The van der Waals surface area contributed by atoms with Crippen LogP contribution in [0.15, 0.2) is 18.2 Å². The van der Waals surface area contributed by atoms with Gasteiger partial charge in [-0.05, 0) is 49.3 Å². The average molecular weight is 314 g/mol. The number of nitrogens with two attached hydrogens (primary N) is 1. The average Bonchev–Trinajstić information content (AvgIpc) is 2.57. The Bertz CT molecular complexity index is 447. The molecule has 2 unspecified atom stereocenters. The second-order valence-electron chi connectivity index (χ2n) is 6.36. The van der Waals surface area contributed by atoms with Gasteiger partial charge in [-0.3, -0.25) is 0 Å². The maximum Gasteiger partial charge on any atom is 0.0453 e. The summed E-state index contributed by atoms with van der Waals surface area (Å²) in [6.45, 7) is 2.27. The van der Waals surface area contributed by atoms with Crippen LogP contribution in [0.2, 0.25) is 10.0 Å². The SMILES string of the molecule is CCCC1CCCC(N)(Cc2ccc(Cl)cc2Cl)CC1. The molecule has 1 aromatic rings. The smallest absolute Gasteiger partial charge is 0.0453 e. The minimum Gasteiger partial charge on any atom is -0.325 e. The van der Waals surface area contributed by atoms with Gasteiger partial charge in [-0.2, -0.15) is 0 Å². The fourth-order valence-electron chi connectivity index (χ4n) is 3.42. The van der Waals surface area contributed by atoms with Gasteiger partial charge in [-0.25, -0.2) is 0 Å². The summed E-state index contributed by atoms with van der Waals surface area (Å²) >= 11 is 12.2. The van der Waals surface area contributed by atoms with E-state index in [-0.39, 0.29) is 5.54 Å². The molecule has 0 spiro atoms. The van der Waals surface area contributed by atoms with Crippen LogP contribution in [-0.4, -0.2) is 5.54 Å². The van der Waals surface area contributed by atoms with E-state index < -0.39 is 0 Å². The van der Waals surface area contributed by atoms with E-state index in [1.807, 2.05) is 18.2 Å². The molecule has 1 aliphatic rings. The van der Waals surface area contributed by atoms with Crippen molar-refractivity contribution in [2.24, 2.45) is 11.7 Å². The quantitative estimate of drug-likeness (QED) is 0.718. The molecule has 0 amide bonds. The van der Waals surface area contributed by atoms with Crippen LogP contribution in [0.1, 0.15) is 57.4 Å². The Morgan fingerprint density at radius 3 is 2.75 bits per heavy atom. The Kier molecular flexibility index (Phi) is 5.77. The van der Waals surface area contributed by atoms with Crippen LogP contribution in [0.25, 0.3) is 0 Å². The molecule has 0 saturated heterocycles. The minimum atomic E-state index is -0.0973. The van der Waals surface area contributed by atoms with E-state index >= 15 is 0 Å². The largest absolute Gasteiger partial charge is 0.325 e. The molecule has 0 bridgehead atoms. The summed E-state index contributed by atoms with van der Waals surface area (Å²) in [5, 5.41) is 1.44. The minimum absolute atomic E-state index is 0.0973. The van der Waals surface area contributed by atoms with Gasteiger partial charge in [0.15, 0.2) is 0 Å². The molecule has 3 heteroatoms. The normalized spacial score (nSPS) is 27.3. The molecule has 1 saturated carbocycles. The standard InChI is InChI=1S/C17H25Cl2N/c1-2-4-13-5-3-9-17(20,10-8-13)12-14-6-7-15(18)11-16(14)19/h6-7,11,13H,2-5,8-10,12,20H2,1H3. The van der Waals surface area contributed by atoms with Crippen molar-refractivity contribution in [3.63, 3.8) is 0 Å². The molecule has 0 radical (unpaired) electrons. The Labute approximate surface area is 132 Å². The first-order valence-electron chi connectivity index (χ1n) is 7.75. The van der Waals surface area contributed by atoms with E-state index in [0.717, 1.165) is 35.8 Å². The molecule has 1 aromatic carbocycles. The lowest BCUT2D eigenvalue weighted by Crippen LogP contribution is -2.41. The third-order valence-corrected chi connectivity index (χ3v) is 5.18. The lowest BCUT2D eigenvalue weighted by Gasteiger charge is -2.29. The Morgan fingerprint density at radius 1 is 1.25 bits per heavy atom. The summed E-state index contributed by atoms with van der Waals surface area (Å²) in [5.41, 5.74) is 7.70. The van der Waals surface area contributed by atoms with E-state index in [4.69, 9.17) is 28.9 Å². The number of rotatable bonds is 4. The van der Waals surface area contributed by atoms with Gasteiger partial charge >= 0.3 is 0 Å². The molecule has 112 valence electrons. The summed E-state index contributed by atoms with van der Waals surface area (Å²) in [6.07, 6.45) is 9.54. The molecule has 2 N–H and O–H groups in total. The molecule has 0 aliphatic heterocycles. The fourth-order valence-corrected chi connectivity index (χ4v) is 3.90. The predicted molar refractivity (Wildman–Crippen MR) is 88.6 cm³/mol. The predicted octanol–water partition coefficient (Wildman–Crippen LogP) is 5.61. The van der Waals surface area contributed by atoms with Crippen molar-refractivity contribution in [3.8, 4) is 0 Å². The molecule has 1 fully saturated rings. The van der Waals surface area contributed by atoms with Crippen LogP contribution in [0.5, 0.6) is 0 Å². The first kappa shape index (κ1) is 16.1. The number of hydrogen-bond acceptors (Lipinski definition) is 1. The van der Waals surface area contributed by atoms with Crippen LogP contribution in [0.4, 0.5) is 0 Å². The summed E-state index contributed by atoms with van der Waals surface area (Å²) < 4.78 is 0. The molecule has 1 nitrogen and oxygen atoms in total. The van der Waals surface area contributed by atoms with Crippen LogP contribution in [0, 0.1) is 5.92 Å². The van der Waals surface area contributed by atoms with Gasteiger partial charge in [-0.1, -0.05) is 61.9 Å². The van der Waals surface area contributed by atoms with Crippen molar-refractivity contribution < 1.29 is 0 Å². The van der Waals surface area contributed by atoms with Crippen molar-refractivity contribution in [1.29, 1.82) is 0 Å². The second-order valence-corrected chi connectivity index (χ2v) is 7.20. The van der Waals surface area contributed by atoms with Gasteiger partial charge in [0.05, 0.1) is 0 Å². The van der Waals surface area contributed by atoms with Gasteiger partial charge < -0.3 is 5.73 Å². The maximum atomic E-state index is 6.66. The van der Waals surface area contributed by atoms with Crippen molar-refractivity contribution in [3.05, 3.63) is 33.8 Å². The maximum absolute atomic E-state index is 6.66. The van der Waals surface area contributed by atoms with E-state index in [9.17, 15) is 0 Å². The van der Waals surface area contributed by atoms with E-state index in [2.05, 4.69) is 6.92 Å². The van der Waals surface area contributed by atoms with E-state index in [1.54, 1.807) is 0 Å². The zero-order chi connectivity index (χ0) is 14.6. The Morgan fingerprint density at radius 2 is 2.05 bits per heavy atom. The molecule has 2 atom stereocenters. The van der Waals surface area contributed by atoms with Crippen molar-refractivity contribution in [2.45, 2.75) is 63.8 Å². The number of benzene rings is 1. The third-order valence-electron chi connectivity index (χ3n) is 4.59. The zero-order valence-electron chi connectivity index (χ0n) is 12.3. The first-order chi connectivity index (χ1) is 9.52. The van der Waals surface area contributed by atoms with Gasteiger partial charge in [0.25, 0.3) is 0 Å². The lowest BCUT2D eigenvalue weighted by atomic mass is 9.84. The highest BCUT2D eigenvalue weighted by atomic mass is 35.5. The summed E-state index contributed by atoms with van der Waals surface area (Å²) in [6, 6.07) is 5.74. The number of halogens is 2. The van der Waals surface area contributed by atoms with Crippen molar-refractivity contribution in [2.75, 3.05) is 0 Å². The van der Waals surface area contributed by atoms with E-state index in [1.165, 1.54) is 32.1 Å². The summed E-state index contributed by atoms with van der Waals surface area (Å²) in [7, 11) is 0. The molecule has 2 rings (SSSR count). The first-order valence-corrected chi connectivity index (χ1v) is 8.51. The van der Waals surface area contributed by atoms with Crippen LogP contribution in [0.3, 0.4) is 0 Å². The van der Waals surface area contributed by atoms with Crippen molar-refractivity contribution >= 4 is 23.2 Å². The second kappa shape index (κ2) is 7.15. The summed E-state index contributed by atoms with van der Waals surface area (Å²) in [5.74, 6) is 0.867. The molecular formula is C17H25Cl2N. The van der Waals surface area contributed by atoms with Gasteiger partial charge in [0.1, 0.15) is 0 Å². The van der Waals surface area contributed by atoms with Crippen LogP contribution < -0.4 is 5.73 Å². The third kappa shape index (κ3) is 4.38. The van der Waals surface area contributed by atoms with Gasteiger partial charge in [-0.15, -0.1) is 0 Å². The lowest BCUT2D eigenvalue weighted by molar-refractivity contribution is 0.355. The highest BCUT2D eigenvalue weighted by molar-refractivity contribution is 6.35. The molecular weight excluding hydrogens is 289 g/mol. The highest BCUT2D eigenvalue weighted by Gasteiger charge is 2.29.